The number of pyridine rings is 1. The summed E-state index contributed by atoms with van der Waals surface area (Å²) >= 11 is 12.0. The number of nitrogens with one attached hydrogen (secondary N) is 2. The predicted octanol–water partition coefficient (Wildman–Crippen LogP) is 3.64. The van der Waals surface area contributed by atoms with Crippen molar-refractivity contribution in [1.29, 1.82) is 0 Å². The second-order valence-corrected chi connectivity index (χ2v) is 5.38. The molecular formula is C11H15Cl2N3. The fourth-order valence-corrected chi connectivity index (χ4v) is 1.97. The molecule has 0 unspecified atom stereocenters. The summed E-state index contributed by atoms with van der Waals surface area (Å²) in [4.78, 5) is 4.34. The molecule has 5 heteroatoms. The smallest absolute Gasteiger partial charge is 0.147 e. The van der Waals surface area contributed by atoms with Gasteiger partial charge in [-0.3, -0.25) is 0 Å². The predicted molar refractivity (Wildman–Crippen MR) is 69.6 cm³/mol. The lowest BCUT2D eigenvalue weighted by Gasteiger charge is -2.13. The zero-order valence-corrected chi connectivity index (χ0v) is 10.9. The van der Waals surface area contributed by atoms with Gasteiger partial charge in [0, 0.05) is 13.6 Å². The van der Waals surface area contributed by atoms with Crippen LogP contribution in [-0.4, -0.2) is 18.6 Å². The summed E-state index contributed by atoms with van der Waals surface area (Å²) in [5, 5.41) is 7.31. The molecule has 0 saturated heterocycles. The summed E-state index contributed by atoms with van der Waals surface area (Å²) in [6.07, 6.45) is 2.54. The van der Waals surface area contributed by atoms with E-state index in [2.05, 4.69) is 22.5 Å². The molecule has 0 spiro atoms. The summed E-state index contributed by atoms with van der Waals surface area (Å²) in [5.74, 6) is 1.35. The van der Waals surface area contributed by atoms with Crippen molar-refractivity contribution in [3.8, 4) is 0 Å². The van der Waals surface area contributed by atoms with Gasteiger partial charge in [-0.1, -0.05) is 30.1 Å². The number of anilines is 2. The van der Waals surface area contributed by atoms with Gasteiger partial charge in [0.15, 0.2) is 0 Å². The highest BCUT2D eigenvalue weighted by Crippen LogP contribution is 2.45. The molecule has 0 atom stereocenters. The van der Waals surface area contributed by atoms with Gasteiger partial charge in [0.2, 0.25) is 0 Å². The molecule has 1 aliphatic carbocycles. The van der Waals surface area contributed by atoms with E-state index in [4.69, 9.17) is 23.2 Å². The Hall–Kier alpha value is -0.670. The Morgan fingerprint density at radius 3 is 2.50 bits per heavy atom. The Bertz CT molecular complexity index is 402. The van der Waals surface area contributed by atoms with E-state index < -0.39 is 0 Å². The Balaban J connectivity index is 2.13. The molecule has 1 heterocycles. The van der Waals surface area contributed by atoms with Crippen LogP contribution >= 0.6 is 23.2 Å². The molecule has 2 N–H and O–H groups in total. The lowest BCUT2D eigenvalue weighted by Crippen LogP contribution is -2.13. The average Bonchev–Trinajstić information content (AvgIpc) is 2.96. The van der Waals surface area contributed by atoms with Gasteiger partial charge >= 0.3 is 0 Å². The monoisotopic (exact) mass is 259 g/mol. The molecular weight excluding hydrogens is 245 g/mol. The van der Waals surface area contributed by atoms with Crippen LogP contribution in [0.15, 0.2) is 6.07 Å². The van der Waals surface area contributed by atoms with Crippen LogP contribution in [0.25, 0.3) is 0 Å². The van der Waals surface area contributed by atoms with Gasteiger partial charge < -0.3 is 10.6 Å². The normalized spacial score (nSPS) is 17.0. The third-order valence-electron chi connectivity index (χ3n) is 2.95. The minimum absolute atomic E-state index is 0.421. The van der Waals surface area contributed by atoms with Crippen molar-refractivity contribution >= 4 is 34.8 Å². The maximum atomic E-state index is 6.07. The first-order valence-electron chi connectivity index (χ1n) is 5.32. The summed E-state index contributed by atoms with van der Waals surface area (Å²) in [7, 11) is 1.79. The van der Waals surface area contributed by atoms with Crippen LogP contribution in [-0.2, 0) is 0 Å². The number of aromatic nitrogens is 1. The van der Waals surface area contributed by atoms with Gasteiger partial charge in [-0.2, -0.15) is 0 Å². The largest absolute Gasteiger partial charge is 0.372 e. The second kappa shape index (κ2) is 4.30. The quantitative estimate of drug-likeness (QED) is 0.867. The van der Waals surface area contributed by atoms with Gasteiger partial charge in [-0.05, 0) is 24.3 Å². The molecule has 88 valence electrons. The highest BCUT2D eigenvalue weighted by Gasteiger charge is 2.37. The SMILES string of the molecule is CNc1nc(NCC2(C)CC2)c(Cl)cc1Cl. The maximum absolute atomic E-state index is 6.07. The molecule has 0 aliphatic heterocycles. The number of hydrogen-bond donors (Lipinski definition) is 2. The van der Waals surface area contributed by atoms with Crippen molar-refractivity contribution in [2.24, 2.45) is 5.41 Å². The van der Waals surface area contributed by atoms with E-state index in [1.807, 2.05) is 0 Å². The molecule has 16 heavy (non-hydrogen) atoms. The second-order valence-electron chi connectivity index (χ2n) is 4.56. The standard InChI is InChI=1S/C11H15Cl2N3/c1-11(3-4-11)6-15-10-8(13)5-7(12)9(14-2)16-10/h5H,3-4,6H2,1-2H3,(H2,14,15,16). The van der Waals surface area contributed by atoms with Crippen molar-refractivity contribution in [1.82, 2.24) is 4.98 Å². The molecule has 0 bridgehead atoms. The molecule has 1 fully saturated rings. The molecule has 1 aromatic rings. The fraction of sp³-hybridized carbons (Fsp3) is 0.545. The van der Waals surface area contributed by atoms with Gasteiger partial charge in [0.1, 0.15) is 11.6 Å². The van der Waals surface area contributed by atoms with E-state index in [-0.39, 0.29) is 0 Å². The Kier molecular flexibility index (Phi) is 3.17. The van der Waals surface area contributed by atoms with Crippen LogP contribution in [0, 0.1) is 5.41 Å². The van der Waals surface area contributed by atoms with Crippen molar-refractivity contribution in [2.45, 2.75) is 19.8 Å². The molecule has 0 radical (unpaired) electrons. The Labute approximate surface area is 106 Å². The third kappa shape index (κ3) is 2.53. The molecule has 2 rings (SSSR count). The number of hydrogen-bond acceptors (Lipinski definition) is 3. The van der Waals surface area contributed by atoms with Crippen LogP contribution in [0.3, 0.4) is 0 Å². The van der Waals surface area contributed by atoms with E-state index in [1.165, 1.54) is 12.8 Å². The van der Waals surface area contributed by atoms with E-state index in [0.29, 0.717) is 27.1 Å². The van der Waals surface area contributed by atoms with E-state index >= 15 is 0 Å². The minimum atomic E-state index is 0.421. The van der Waals surface area contributed by atoms with Crippen molar-refractivity contribution in [2.75, 3.05) is 24.2 Å². The summed E-state index contributed by atoms with van der Waals surface area (Å²) < 4.78 is 0. The maximum Gasteiger partial charge on any atom is 0.147 e. The van der Waals surface area contributed by atoms with Gasteiger partial charge in [0.05, 0.1) is 10.0 Å². The highest BCUT2D eigenvalue weighted by atomic mass is 35.5. The summed E-state index contributed by atoms with van der Waals surface area (Å²) in [5.41, 5.74) is 0.421. The Morgan fingerprint density at radius 2 is 1.94 bits per heavy atom. The Morgan fingerprint density at radius 1 is 1.31 bits per heavy atom. The lowest BCUT2D eigenvalue weighted by atomic mass is 10.1. The summed E-state index contributed by atoms with van der Waals surface area (Å²) in [6.45, 7) is 3.16. The molecule has 0 aromatic carbocycles. The molecule has 1 aromatic heterocycles. The van der Waals surface area contributed by atoms with Gasteiger partial charge in [-0.15, -0.1) is 0 Å². The first kappa shape index (κ1) is 11.8. The van der Waals surface area contributed by atoms with Crippen molar-refractivity contribution in [3.05, 3.63) is 16.1 Å². The van der Waals surface area contributed by atoms with Crippen molar-refractivity contribution in [3.63, 3.8) is 0 Å². The minimum Gasteiger partial charge on any atom is -0.372 e. The van der Waals surface area contributed by atoms with Crippen molar-refractivity contribution < 1.29 is 0 Å². The van der Waals surface area contributed by atoms with E-state index in [1.54, 1.807) is 13.1 Å². The highest BCUT2D eigenvalue weighted by molar-refractivity contribution is 6.37. The van der Waals surface area contributed by atoms with E-state index in [0.717, 1.165) is 6.54 Å². The zero-order valence-electron chi connectivity index (χ0n) is 9.40. The third-order valence-corrected chi connectivity index (χ3v) is 3.53. The first-order valence-corrected chi connectivity index (χ1v) is 6.07. The molecule has 1 aliphatic rings. The van der Waals surface area contributed by atoms with Crippen LogP contribution in [0.2, 0.25) is 10.0 Å². The molecule has 3 nitrogen and oxygen atoms in total. The van der Waals surface area contributed by atoms with Crippen LogP contribution in [0.5, 0.6) is 0 Å². The average molecular weight is 260 g/mol. The van der Waals surface area contributed by atoms with Crippen LogP contribution in [0.1, 0.15) is 19.8 Å². The number of rotatable bonds is 4. The summed E-state index contributed by atoms with van der Waals surface area (Å²) in [6, 6.07) is 1.71. The van der Waals surface area contributed by atoms with Gasteiger partial charge in [0.25, 0.3) is 0 Å². The van der Waals surface area contributed by atoms with Crippen LogP contribution in [0.4, 0.5) is 11.6 Å². The first-order chi connectivity index (χ1) is 7.54. The number of halogens is 2. The fourth-order valence-electron chi connectivity index (χ4n) is 1.45. The zero-order chi connectivity index (χ0) is 11.8. The van der Waals surface area contributed by atoms with Crippen LogP contribution < -0.4 is 10.6 Å². The number of nitrogens with zero attached hydrogens (tertiary/aromatic N) is 1. The molecule has 1 saturated carbocycles. The molecule has 0 amide bonds. The lowest BCUT2D eigenvalue weighted by molar-refractivity contribution is 0.609. The van der Waals surface area contributed by atoms with Gasteiger partial charge in [-0.25, -0.2) is 4.98 Å². The van der Waals surface area contributed by atoms with E-state index in [9.17, 15) is 0 Å². The topological polar surface area (TPSA) is 37.0 Å².